The first kappa shape index (κ1) is 32.6. The first-order valence-electron chi connectivity index (χ1n) is 11.0. The van der Waals surface area contributed by atoms with Crippen LogP contribution in [0.1, 0.15) is 11.6 Å². The largest absolute Gasteiger partial charge is 0.456 e. The minimum Gasteiger partial charge on any atom is -0.456 e. The van der Waals surface area contributed by atoms with Crippen molar-refractivity contribution in [2.45, 2.75) is 25.0 Å². The molecule has 2 N–H and O–H groups in total. The number of hydrogen-bond acceptors (Lipinski definition) is 8. The average molecular weight is 700 g/mol. The van der Waals surface area contributed by atoms with Crippen LogP contribution >= 0.6 is 93.1 Å². The highest BCUT2D eigenvalue weighted by molar-refractivity contribution is 8.00. The van der Waals surface area contributed by atoms with Gasteiger partial charge in [-0.3, -0.25) is 14.5 Å². The molecule has 1 aromatic carbocycles. The Labute approximate surface area is 262 Å². The van der Waals surface area contributed by atoms with Crippen LogP contribution in [-0.4, -0.2) is 78.8 Å². The predicted octanol–water partition coefficient (Wildman–Crippen LogP) is 4.75. The van der Waals surface area contributed by atoms with E-state index < -0.39 is 62.1 Å². The molecule has 1 fully saturated rings. The molecule has 0 aliphatic carbocycles. The highest BCUT2D eigenvalue weighted by Crippen LogP contribution is 2.42. The monoisotopic (exact) mass is 697 g/mol. The van der Waals surface area contributed by atoms with Crippen molar-refractivity contribution in [1.82, 2.24) is 15.5 Å². The lowest BCUT2D eigenvalue weighted by atomic mass is 10.0. The third-order valence-corrected chi connectivity index (χ3v) is 7.88. The van der Waals surface area contributed by atoms with E-state index in [0.29, 0.717) is 22.6 Å². The molecule has 0 aromatic heterocycles. The van der Waals surface area contributed by atoms with Crippen LogP contribution in [0.4, 0.5) is 4.79 Å². The molecule has 9 nitrogen and oxygen atoms in total. The molecule has 0 spiro atoms. The molecule has 3 atom stereocenters. The number of nitrogens with zero attached hydrogens (tertiary/aromatic N) is 1. The summed E-state index contributed by atoms with van der Waals surface area (Å²) in [7, 11) is 0. The number of ether oxygens (including phenoxy) is 2. The summed E-state index contributed by atoms with van der Waals surface area (Å²) < 4.78 is 6.36. The maximum absolute atomic E-state index is 13.3. The lowest BCUT2D eigenvalue weighted by Gasteiger charge is -2.50. The van der Waals surface area contributed by atoms with Crippen LogP contribution < -0.4 is 10.6 Å². The summed E-state index contributed by atoms with van der Waals surface area (Å²) in [6.45, 7) is -1.06. The molecule has 214 valence electrons. The van der Waals surface area contributed by atoms with Crippen molar-refractivity contribution in [1.29, 1.82) is 0 Å². The van der Waals surface area contributed by atoms with Gasteiger partial charge in [0.1, 0.15) is 36.4 Å². The third kappa shape index (κ3) is 9.03. The summed E-state index contributed by atoms with van der Waals surface area (Å²) in [5, 5.41) is 4.48. The van der Waals surface area contributed by atoms with Gasteiger partial charge in [-0.2, -0.15) is 11.8 Å². The number of fused-ring (bicyclic) bond motifs is 1. The Bertz CT molecular complexity index is 1130. The maximum atomic E-state index is 13.3. The molecule has 39 heavy (non-hydrogen) atoms. The van der Waals surface area contributed by atoms with E-state index in [1.54, 1.807) is 30.3 Å². The second-order valence-corrected chi connectivity index (χ2v) is 15.2. The Morgan fingerprint density at radius 2 is 1.69 bits per heavy atom. The van der Waals surface area contributed by atoms with Gasteiger partial charge in [-0.1, -0.05) is 99.9 Å². The van der Waals surface area contributed by atoms with E-state index in [4.69, 9.17) is 79.1 Å². The zero-order chi connectivity index (χ0) is 29.0. The van der Waals surface area contributed by atoms with E-state index in [9.17, 15) is 19.2 Å². The number of carbonyl (C=O) groups is 4. The van der Waals surface area contributed by atoms with E-state index in [1.807, 2.05) is 6.26 Å². The summed E-state index contributed by atoms with van der Waals surface area (Å²) in [4.78, 5) is 53.0. The van der Waals surface area contributed by atoms with Crippen molar-refractivity contribution >= 4 is 117 Å². The smallest absolute Gasteiger partial charge is 0.408 e. The molecule has 0 bridgehead atoms. The number of rotatable bonds is 9. The minimum atomic E-state index is -1.85. The van der Waals surface area contributed by atoms with Gasteiger partial charge in [0.2, 0.25) is 13.5 Å². The second kappa shape index (κ2) is 13.8. The van der Waals surface area contributed by atoms with E-state index in [1.165, 1.54) is 28.4 Å². The van der Waals surface area contributed by atoms with Crippen LogP contribution in [0, 0.1) is 0 Å². The highest BCUT2D eigenvalue weighted by Gasteiger charge is 2.55. The molecule has 17 heteroatoms. The van der Waals surface area contributed by atoms with Crippen molar-refractivity contribution in [2.75, 3.05) is 31.0 Å². The lowest BCUT2D eigenvalue weighted by molar-refractivity contribution is -0.153. The van der Waals surface area contributed by atoms with Crippen LogP contribution in [0.2, 0.25) is 0 Å². The molecule has 3 amide bonds. The Kier molecular flexibility index (Phi) is 11.6. The molecule has 2 aliphatic heterocycles. The van der Waals surface area contributed by atoms with Gasteiger partial charge in [0.25, 0.3) is 5.91 Å². The molecular formula is C22H21Cl6N3O6S2. The number of amides is 3. The van der Waals surface area contributed by atoms with E-state index in [-0.39, 0.29) is 5.70 Å². The first-order chi connectivity index (χ1) is 18.2. The molecular weight excluding hydrogens is 679 g/mol. The average Bonchev–Trinajstić information content (AvgIpc) is 2.87. The summed E-state index contributed by atoms with van der Waals surface area (Å²) in [5.41, 5.74) is 1.15. The number of hydrogen-bond donors (Lipinski definition) is 2. The van der Waals surface area contributed by atoms with Crippen molar-refractivity contribution in [3.63, 3.8) is 0 Å². The Morgan fingerprint density at radius 3 is 2.28 bits per heavy atom. The standard InChI is InChI=1S/C22H21Cl6N3O6S2/c1-38-7-12-8-39-18-14(17(33)31(18)15(12)19(34)36-9-21(23,24)25)29-16(32)13(11-5-3-2-4-6-11)30-20(35)37-10-22(26,27)28/h2-6,13-14,18H,7-10H2,1H3,(H,29,32)(H,30,35)/t13-,14-,18-/m1/s1. The van der Waals surface area contributed by atoms with Gasteiger partial charge in [-0.15, -0.1) is 11.8 Å². The van der Waals surface area contributed by atoms with Gasteiger partial charge in [-0.05, 0) is 17.4 Å². The van der Waals surface area contributed by atoms with Gasteiger partial charge < -0.3 is 20.1 Å². The normalized spacial score (nSPS) is 20.0. The topological polar surface area (TPSA) is 114 Å². The van der Waals surface area contributed by atoms with Gasteiger partial charge in [0.15, 0.2) is 0 Å². The molecule has 1 aromatic rings. The van der Waals surface area contributed by atoms with E-state index in [2.05, 4.69) is 10.6 Å². The van der Waals surface area contributed by atoms with Gasteiger partial charge in [0, 0.05) is 11.5 Å². The van der Waals surface area contributed by atoms with Gasteiger partial charge in [0.05, 0.1) is 0 Å². The maximum Gasteiger partial charge on any atom is 0.408 e. The zero-order valence-corrected chi connectivity index (χ0v) is 26.1. The number of alkyl carbamates (subject to hydrolysis) is 1. The van der Waals surface area contributed by atoms with E-state index in [0.717, 1.165) is 0 Å². The molecule has 2 heterocycles. The Hall–Kier alpha value is -0.920. The number of β-lactam (4-membered cyclic amide) rings is 1. The summed E-state index contributed by atoms with van der Waals surface area (Å²) in [6.07, 6.45) is 0.840. The number of benzene rings is 1. The second-order valence-electron chi connectivity index (χ2n) is 8.15. The van der Waals surface area contributed by atoms with Crippen molar-refractivity contribution in [3.05, 3.63) is 47.2 Å². The minimum absolute atomic E-state index is 0.0610. The fourth-order valence-corrected chi connectivity index (χ4v) is 6.05. The molecule has 3 rings (SSSR count). The Balaban J connectivity index is 1.76. The molecule has 0 unspecified atom stereocenters. The molecule has 0 radical (unpaired) electrons. The number of alkyl halides is 6. The van der Waals surface area contributed by atoms with Crippen molar-refractivity contribution in [2.24, 2.45) is 0 Å². The van der Waals surface area contributed by atoms with Crippen LogP contribution in [0.3, 0.4) is 0 Å². The van der Waals surface area contributed by atoms with Crippen LogP contribution in [-0.2, 0) is 23.9 Å². The first-order valence-corrected chi connectivity index (χ1v) is 15.7. The fourth-order valence-electron chi connectivity index (χ4n) is 3.66. The molecule has 1 saturated heterocycles. The lowest BCUT2D eigenvalue weighted by Crippen LogP contribution is -2.71. The predicted molar refractivity (Wildman–Crippen MR) is 156 cm³/mol. The summed E-state index contributed by atoms with van der Waals surface area (Å²) in [5.74, 6) is -1.16. The number of nitrogens with one attached hydrogen (secondary N) is 2. The van der Waals surface area contributed by atoms with Crippen LogP contribution in [0.25, 0.3) is 0 Å². The third-order valence-electron chi connectivity index (χ3n) is 5.25. The molecule has 2 aliphatic rings. The highest BCUT2D eigenvalue weighted by atomic mass is 35.6. The number of carbonyl (C=O) groups excluding carboxylic acids is 4. The number of thioether (sulfide) groups is 2. The van der Waals surface area contributed by atoms with Crippen molar-refractivity contribution < 1.29 is 28.7 Å². The molecule has 0 saturated carbocycles. The Morgan fingerprint density at radius 1 is 1.08 bits per heavy atom. The fraction of sp³-hybridized carbons (Fsp3) is 0.455. The SMILES string of the molecule is CSCC1=C(C(=O)OCC(Cl)(Cl)Cl)N2C(=O)[C@@H](NC(=O)[C@H](NC(=O)OCC(Cl)(Cl)Cl)c3ccccc3)[C@H]2SC1. The van der Waals surface area contributed by atoms with Crippen LogP contribution in [0.5, 0.6) is 0 Å². The van der Waals surface area contributed by atoms with Gasteiger partial charge in [-0.25, -0.2) is 9.59 Å². The van der Waals surface area contributed by atoms with E-state index >= 15 is 0 Å². The van der Waals surface area contributed by atoms with Crippen LogP contribution in [0.15, 0.2) is 41.6 Å². The number of esters is 1. The number of halogens is 6. The quantitative estimate of drug-likeness (QED) is 0.216. The summed E-state index contributed by atoms with van der Waals surface area (Å²) in [6, 6.07) is 6.07. The zero-order valence-electron chi connectivity index (χ0n) is 19.9. The van der Waals surface area contributed by atoms with Crippen molar-refractivity contribution in [3.8, 4) is 0 Å². The summed E-state index contributed by atoms with van der Waals surface area (Å²) >= 11 is 36.8. The van der Waals surface area contributed by atoms with Gasteiger partial charge >= 0.3 is 12.1 Å².